The highest BCUT2D eigenvalue weighted by molar-refractivity contribution is 5.95. The van der Waals surface area contributed by atoms with E-state index in [1.54, 1.807) is 42.3 Å². The Morgan fingerprint density at radius 3 is 2.75 bits per heavy atom. The van der Waals surface area contributed by atoms with E-state index < -0.39 is 0 Å². The van der Waals surface area contributed by atoms with Crippen LogP contribution in [0.5, 0.6) is 11.5 Å². The number of aromatic nitrogens is 4. The quantitative estimate of drug-likeness (QED) is 0.631. The van der Waals surface area contributed by atoms with Crippen LogP contribution in [0, 0.1) is 6.92 Å². The van der Waals surface area contributed by atoms with Gasteiger partial charge in [-0.15, -0.1) is 0 Å². The third kappa shape index (κ3) is 2.91. The fraction of sp³-hybridized carbons (Fsp3) is 0.391. The van der Waals surface area contributed by atoms with E-state index in [-0.39, 0.29) is 29.9 Å². The molecule has 4 heterocycles. The maximum atomic E-state index is 13.6. The van der Waals surface area contributed by atoms with Crippen LogP contribution in [0.15, 0.2) is 35.3 Å². The average molecular weight is 433 g/mol. The van der Waals surface area contributed by atoms with Crippen LogP contribution in [0.1, 0.15) is 59.3 Å². The number of carbonyl (C=O) groups excluding carboxylic acids is 1. The van der Waals surface area contributed by atoms with Gasteiger partial charge < -0.3 is 14.4 Å². The fourth-order valence-corrected chi connectivity index (χ4v) is 4.44. The van der Waals surface area contributed by atoms with Crippen LogP contribution >= 0.6 is 0 Å². The molecule has 1 amide bonds. The van der Waals surface area contributed by atoms with Gasteiger partial charge in [0.05, 0.1) is 18.3 Å². The van der Waals surface area contributed by atoms with E-state index in [4.69, 9.17) is 14.5 Å². The molecule has 3 aliphatic rings. The minimum Gasteiger partial charge on any atom is -0.454 e. The molecular formula is C23H23N5O4. The number of hydrogen-bond acceptors (Lipinski definition) is 6. The number of amides is 1. The molecule has 2 aliphatic heterocycles. The normalized spacial score (nSPS) is 19.2. The van der Waals surface area contributed by atoms with E-state index >= 15 is 0 Å². The van der Waals surface area contributed by atoms with Gasteiger partial charge in [0.2, 0.25) is 6.79 Å². The van der Waals surface area contributed by atoms with Crippen molar-refractivity contribution in [1.82, 2.24) is 24.2 Å². The number of ether oxygens (including phenoxy) is 2. The standard InChI is InChI=1S/C23H23N5O4/c1-13-7-8-27(16-5-6-17-18(11-16)32-12-31-17)23(30)19(13)22(29)26-9-10-28-21(14(26)2)24-20(25-28)15-3-4-15/h5-8,11,14-15H,3-4,9-10,12H2,1-2H3/t14-/m1/s1. The lowest BCUT2D eigenvalue weighted by atomic mass is 10.1. The predicted molar refractivity (Wildman–Crippen MR) is 114 cm³/mol. The second-order valence-corrected chi connectivity index (χ2v) is 8.59. The topological polar surface area (TPSA) is 91.5 Å². The zero-order valence-electron chi connectivity index (χ0n) is 17.9. The van der Waals surface area contributed by atoms with Crippen molar-refractivity contribution in [3.8, 4) is 17.2 Å². The van der Waals surface area contributed by atoms with Gasteiger partial charge in [-0.3, -0.25) is 14.2 Å². The van der Waals surface area contributed by atoms with E-state index in [2.05, 4.69) is 5.10 Å². The van der Waals surface area contributed by atoms with Crippen LogP contribution in [0.25, 0.3) is 5.69 Å². The maximum absolute atomic E-state index is 13.6. The van der Waals surface area contributed by atoms with Crippen molar-refractivity contribution in [3.63, 3.8) is 0 Å². The van der Waals surface area contributed by atoms with Gasteiger partial charge in [0.25, 0.3) is 11.5 Å². The molecule has 32 heavy (non-hydrogen) atoms. The van der Waals surface area contributed by atoms with E-state index in [0.29, 0.717) is 41.8 Å². The monoisotopic (exact) mass is 433 g/mol. The molecular weight excluding hydrogens is 410 g/mol. The molecule has 0 N–H and O–H groups in total. The van der Waals surface area contributed by atoms with E-state index in [1.165, 1.54) is 4.57 Å². The molecule has 1 aromatic carbocycles. The van der Waals surface area contributed by atoms with Gasteiger partial charge in [-0.2, -0.15) is 5.10 Å². The Bertz CT molecular complexity index is 1310. The molecule has 0 bridgehead atoms. The predicted octanol–water partition coefficient (Wildman–Crippen LogP) is 2.56. The van der Waals surface area contributed by atoms with E-state index in [9.17, 15) is 9.59 Å². The molecule has 9 nitrogen and oxygen atoms in total. The molecule has 164 valence electrons. The molecule has 2 aromatic heterocycles. The third-order valence-electron chi connectivity index (χ3n) is 6.46. The fourth-order valence-electron chi connectivity index (χ4n) is 4.44. The van der Waals surface area contributed by atoms with Crippen LogP contribution in [0.2, 0.25) is 0 Å². The summed E-state index contributed by atoms with van der Waals surface area (Å²) in [6.45, 7) is 4.96. The lowest BCUT2D eigenvalue weighted by Crippen LogP contribution is -2.44. The minimum atomic E-state index is -0.355. The van der Waals surface area contributed by atoms with Crippen molar-refractivity contribution < 1.29 is 14.3 Å². The highest BCUT2D eigenvalue weighted by Gasteiger charge is 2.36. The molecule has 3 aromatic rings. The van der Waals surface area contributed by atoms with Crippen LogP contribution in [0.4, 0.5) is 0 Å². The summed E-state index contributed by atoms with van der Waals surface area (Å²) >= 11 is 0. The zero-order chi connectivity index (χ0) is 22.0. The van der Waals surface area contributed by atoms with Crippen molar-refractivity contribution in [2.24, 2.45) is 0 Å². The first-order valence-corrected chi connectivity index (χ1v) is 10.9. The van der Waals surface area contributed by atoms with Crippen LogP contribution < -0.4 is 15.0 Å². The SMILES string of the molecule is Cc1ccn(-c2ccc3c(c2)OCO3)c(=O)c1C(=O)N1CCn2nc(C3CC3)nc2[C@H]1C. The van der Waals surface area contributed by atoms with Crippen molar-refractivity contribution >= 4 is 5.91 Å². The maximum Gasteiger partial charge on any atom is 0.268 e. The molecule has 0 unspecified atom stereocenters. The summed E-state index contributed by atoms with van der Waals surface area (Å²) < 4.78 is 14.2. The molecule has 6 rings (SSSR count). The summed E-state index contributed by atoms with van der Waals surface area (Å²) in [6, 6.07) is 6.83. The smallest absolute Gasteiger partial charge is 0.268 e. The minimum absolute atomic E-state index is 0.158. The first kappa shape index (κ1) is 19.1. The number of fused-ring (bicyclic) bond motifs is 2. The first-order valence-electron chi connectivity index (χ1n) is 10.9. The highest BCUT2D eigenvalue weighted by atomic mass is 16.7. The Morgan fingerprint density at radius 1 is 1.12 bits per heavy atom. The molecule has 1 saturated carbocycles. The van der Waals surface area contributed by atoms with Gasteiger partial charge in [0.1, 0.15) is 11.4 Å². The summed E-state index contributed by atoms with van der Waals surface area (Å²) in [4.78, 5) is 33.5. The molecule has 9 heteroatoms. The number of carbonyl (C=O) groups is 1. The number of aryl methyl sites for hydroxylation is 1. The molecule has 1 fully saturated rings. The number of benzene rings is 1. The second kappa shape index (κ2) is 6.94. The summed E-state index contributed by atoms with van der Waals surface area (Å²) in [7, 11) is 0. The molecule has 0 spiro atoms. The first-order chi connectivity index (χ1) is 15.5. The Hall–Kier alpha value is -3.62. The number of hydrogen-bond donors (Lipinski definition) is 0. The summed E-state index contributed by atoms with van der Waals surface area (Å²) in [5, 5.41) is 4.63. The zero-order valence-corrected chi connectivity index (χ0v) is 17.9. The average Bonchev–Trinajstić information content (AvgIpc) is 3.36. The summed E-state index contributed by atoms with van der Waals surface area (Å²) in [5.41, 5.74) is 1.09. The van der Waals surface area contributed by atoms with Gasteiger partial charge in [-0.1, -0.05) is 0 Å². The Balaban J connectivity index is 1.36. The highest BCUT2D eigenvalue weighted by Crippen LogP contribution is 2.39. The number of rotatable bonds is 3. The van der Waals surface area contributed by atoms with Crippen LogP contribution in [-0.2, 0) is 6.54 Å². The van der Waals surface area contributed by atoms with Crippen LogP contribution in [-0.4, -0.2) is 43.5 Å². The van der Waals surface area contributed by atoms with Gasteiger partial charge in [0, 0.05) is 24.7 Å². The lowest BCUT2D eigenvalue weighted by Gasteiger charge is -2.33. The van der Waals surface area contributed by atoms with Gasteiger partial charge in [-0.25, -0.2) is 9.67 Å². The van der Waals surface area contributed by atoms with Crippen molar-refractivity contribution in [3.05, 3.63) is 63.6 Å². The van der Waals surface area contributed by atoms with Gasteiger partial charge in [0.15, 0.2) is 17.3 Å². The third-order valence-corrected chi connectivity index (χ3v) is 6.46. The van der Waals surface area contributed by atoms with E-state index in [0.717, 1.165) is 24.5 Å². The van der Waals surface area contributed by atoms with E-state index in [1.807, 2.05) is 11.6 Å². The van der Waals surface area contributed by atoms with Crippen LogP contribution in [0.3, 0.4) is 0 Å². The van der Waals surface area contributed by atoms with Crippen molar-refractivity contribution in [2.45, 2.75) is 45.2 Å². The second-order valence-electron chi connectivity index (χ2n) is 8.59. The summed E-state index contributed by atoms with van der Waals surface area (Å²) in [5.74, 6) is 3.06. The Kier molecular flexibility index (Phi) is 4.14. The van der Waals surface area contributed by atoms with Gasteiger partial charge >= 0.3 is 0 Å². The Labute approximate surface area is 184 Å². The molecule has 1 atom stereocenters. The number of pyridine rings is 1. The van der Waals surface area contributed by atoms with Crippen molar-refractivity contribution in [1.29, 1.82) is 0 Å². The van der Waals surface area contributed by atoms with Crippen molar-refractivity contribution in [2.75, 3.05) is 13.3 Å². The molecule has 1 aliphatic carbocycles. The summed E-state index contributed by atoms with van der Waals surface area (Å²) in [6.07, 6.45) is 3.94. The lowest BCUT2D eigenvalue weighted by molar-refractivity contribution is 0.0627. The number of nitrogens with zero attached hydrogens (tertiary/aromatic N) is 5. The molecule has 0 radical (unpaired) electrons. The largest absolute Gasteiger partial charge is 0.454 e. The molecule has 0 saturated heterocycles. The Morgan fingerprint density at radius 2 is 1.94 bits per heavy atom. The van der Waals surface area contributed by atoms with Gasteiger partial charge in [-0.05, 0) is 50.5 Å².